The van der Waals surface area contributed by atoms with E-state index in [0.717, 1.165) is 0 Å². The number of para-hydroxylation sites is 1. The maximum Gasteiger partial charge on any atom is 0.288 e. The molecule has 0 atom stereocenters. The van der Waals surface area contributed by atoms with Gasteiger partial charge in [0.05, 0.1) is 18.8 Å². The summed E-state index contributed by atoms with van der Waals surface area (Å²) in [5, 5.41) is 5.47. The van der Waals surface area contributed by atoms with Gasteiger partial charge in [0.2, 0.25) is 5.91 Å². The average molecular weight is 327 g/mol. The lowest BCUT2D eigenvalue weighted by Gasteiger charge is -2.10. The minimum atomic E-state index is -2.52. The number of carbonyl (C=O) groups excluding carboxylic acids is 1. The number of thioether (sulfide) groups is 1. The maximum atomic E-state index is 12.3. The number of alkyl halides is 2. The second-order valence-electron chi connectivity index (χ2n) is 3.59. The summed E-state index contributed by atoms with van der Waals surface area (Å²) >= 11 is 0.411. The molecule has 1 rings (SSSR count). The summed E-state index contributed by atoms with van der Waals surface area (Å²) in [6.07, 6.45) is 0. The molecule has 0 saturated heterocycles. The fourth-order valence-electron chi connectivity index (χ4n) is 1.34. The van der Waals surface area contributed by atoms with Crippen molar-refractivity contribution in [3.63, 3.8) is 0 Å². The number of halogens is 3. The molecule has 0 aromatic heterocycles. The Balaban J connectivity index is 0.00000361. The van der Waals surface area contributed by atoms with Gasteiger partial charge in [0.15, 0.2) is 0 Å². The third-order valence-electron chi connectivity index (χ3n) is 2.15. The zero-order chi connectivity index (χ0) is 14.1. The molecule has 20 heavy (non-hydrogen) atoms. The molecule has 1 aromatic rings. The molecular formula is C12H17ClF2N2O2S. The van der Waals surface area contributed by atoms with Crippen molar-refractivity contribution in [3.8, 4) is 0 Å². The Hall–Kier alpha value is -0.890. The van der Waals surface area contributed by atoms with Gasteiger partial charge < -0.3 is 15.4 Å². The van der Waals surface area contributed by atoms with E-state index in [4.69, 9.17) is 4.74 Å². The molecule has 8 heteroatoms. The van der Waals surface area contributed by atoms with Crippen LogP contribution in [-0.4, -0.2) is 38.5 Å². The van der Waals surface area contributed by atoms with E-state index in [1.54, 1.807) is 31.4 Å². The van der Waals surface area contributed by atoms with Crippen molar-refractivity contribution < 1.29 is 18.3 Å². The Morgan fingerprint density at radius 1 is 1.40 bits per heavy atom. The number of ether oxygens (including phenoxy) is 1. The van der Waals surface area contributed by atoms with E-state index in [1.165, 1.54) is 0 Å². The lowest BCUT2D eigenvalue weighted by molar-refractivity contribution is -0.115. The fourth-order valence-corrected chi connectivity index (χ4v) is 1.93. The topological polar surface area (TPSA) is 50.4 Å². The highest BCUT2D eigenvalue weighted by molar-refractivity contribution is 7.99. The van der Waals surface area contributed by atoms with Gasteiger partial charge in [0, 0.05) is 18.6 Å². The number of carbonyl (C=O) groups is 1. The van der Waals surface area contributed by atoms with Crippen molar-refractivity contribution in [2.45, 2.75) is 10.7 Å². The van der Waals surface area contributed by atoms with Crippen molar-refractivity contribution >= 4 is 35.8 Å². The molecular weight excluding hydrogens is 310 g/mol. The van der Waals surface area contributed by atoms with Gasteiger partial charge in [-0.2, -0.15) is 8.78 Å². The molecule has 0 bridgehead atoms. The predicted molar refractivity (Wildman–Crippen MR) is 78.9 cm³/mol. The molecule has 4 nitrogen and oxygen atoms in total. The van der Waals surface area contributed by atoms with Crippen LogP contribution in [-0.2, 0) is 9.53 Å². The molecule has 0 aliphatic carbocycles. The van der Waals surface area contributed by atoms with Crippen LogP contribution in [0.3, 0.4) is 0 Å². The van der Waals surface area contributed by atoms with Gasteiger partial charge in [-0.05, 0) is 12.1 Å². The summed E-state index contributed by atoms with van der Waals surface area (Å²) in [6.45, 7) is 1.17. The predicted octanol–water partition coefficient (Wildman–Crippen LogP) is 2.60. The van der Waals surface area contributed by atoms with Crippen molar-refractivity contribution in [3.05, 3.63) is 24.3 Å². The summed E-state index contributed by atoms with van der Waals surface area (Å²) < 4.78 is 29.5. The molecule has 2 N–H and O–H groups in total. The molecule has 1 aromatic carbocycles. The summed E-state index contributed by atoms with van der Waals surface area (Å²) in [5.74, 6) is -2.80. The van der Waals surface area contributed by atoms with E-state index in [2.05, 4.69) is 10.6 Å². The summed E-state index contributed by atoms with van der Waals surface area (Å²) in [4.78, 5) is 12.0. The lowest BCUT2D eigenvalue weighted by atomic mass is 10.3. The molecule has 0 radical (unpaired) electrons. The lowest BCUT2D eigenvalue weighted by Crippen LogP contribution is -2.30. The van der Waals surface area contributed by atoms with Crippen LogP contribution >= 0.6 is 24.2 Å². The Morgan fingerprint density at radius 2 is 2.10 bits per heavy atom. The van der Waals surface area contributed by atoms with Crippen LogP contribution < -0.4 is 10.6 Å². The Morgan fingerprint density at radius 3 is 2.75 bits per heavy atom. The maximum absolute atomic E-state index is 12.3. The Kier molecular flexibility index (Phi) is 10.4. The van der Waals surface area contributed by atoms with Crippen molar-refractivity contribution in [2.24, 2.45) is 0 Å². The monoisotopic (exact) mass is 326 g/mol. The van der Waals surface area contributed by atoms with Crippen LogP contribution in [0.5, 0.6) is 0 Å². The standard InChI is InChI=1S/C12H16F2N2O2S.ClH/c1-18-7-6-15-8-11(17)16-9-4-2-3-5-10(9)19-12(13)14;/h2-5,12,15H,6-8H2,1H3,(H,16,17);1H. The van der Waals surface area contributed by atoms with E-state index in [-0.39, 0.29) is 24.9 Å². The van der Waals surface area contributed by atoms with Crippen LogP contribution in [0.25, 0.3) is 0 Å². The molecule has 0 aliphatic heterocycles. The largest absolute Gasteiger partial charge is 0.383 e. The van der Waals surface area contributed by atoms with E-state index in [0.29, 0.717) is 35.5 Å². The summed E-state index contributed by atoms with van der Waals surface area (Å²) in [6, 6.07) is 6.48. The van der Waals surface area contributed by atoms with E-state index in [9.17, 15) is 13.6 Å². The fraction of sp³-hybridized carbons (Fsp3) is 0.417. The van der Waals surface area contributed by atoms with E-state index < -0.39 is 5.76 Å². The molecule has 0 saturated carbocycles. The third-order valence-corrected chi connectivity index (χ3v) is 2.93. The van der Waals surface area contributed by atoms with Crippen LogP contribution in [0.15, 0.2) is 29.2 Å². The highest BCUT2D eigenvalue weighted by Crippen LogP contribution is 2.31. The van der Waals surface area contributed by atoms with Crippen molar-refractivity contribution in [1.29, 1.82) is 0 Å². The number of rotatable bonds is 8. The molecule has 0 spiro atoms. The highest BCUT2D eigenvalue weighted by atomic mass is 35.5. The van der Waals surface area contributed by atoms with Crippen LogP contribution in [0.4, 0.5) is 14.5 Å². The minimum absolute atomic E-state index is 0. The molecule has 1 amide bonds. The number of hydrogen-bond acceptors (Lipinski definition) is 4. The van der Waals surface area contributed by atoms with Gasteiger partial charge in [-0.15, -0.1) is 12.4 Å². The van der Waals surface area contributed by atoms with Crippen LogP contribution in [0, 0.1) is 0 Å². The molecule has 0 heterocycles. The smallest absolute Gasteiger partial charge is 0.288 e. The Labute approximate surface area is 127 Å². The van der Waals surface area contributed by atoms with Crippen LogP contribution in [0.1, 0.15) is 0 Å². The van der Waals surface area contributed by atoms with E-state index in [1.807, 2.05) is 0 Å². The number of anilines is 1. The first-order chi connectivity index (χ1) is 9.13. The van der Waals surface area contributed by atoms with Gasteiger partial charge in [0.25, 0.3) is 5.76 Å². The molecule has 0 unspecified atom stereocenters. The van der Waals surface area contributed by atoms with Crippen molar-refractivity contribution in [2.75, 3.05) is 32.1 Å². The second kappa shape index (κ2) is 10.8. The average Bonchev–Trinajstić information content (AvgIpc) is 2.36. The summed E-state index contributed by atoms with van der Waals surface area (Å²) in [7, 11) is 1.57. The zero-order valence-electron chi connectivity index (χ0n) is 10.9. The quantitative estimate of drug-likeness (QED) is 0.569. The molecule has 0 aliphatic rings. The Bertz CT molecular complexity index is 411. The first-order valence-electron chi connectivity index (χ1n) is 5.67. The van der Waals surface area contributed by atoms with Gasteiger partial charge >= 0.3 is 0 Å². The molecule has 0 fully saturated rings. The normalized spacial score (nSPS) is 10.2. The second-order valence-corrected chi connectivity index (χ2v) is 4.62. The number of hydrogen-bond donors (Lipinski definition) is 2. The SMILES string of the molecule is COCCNCC(=O)Nc1ccccc1SC(F)F.Cl. The third kappa shape index (κ3) is 7.64. The number of nitrogens with one attached hydrogen (secondary N) is 2. The van der Waals surface area contributed by atoms with E-state index >= 15 is 0 Å². The number of benzene rings is 1. The van der Waals surface area contributed by atoms with Crippen molar-refractivity contribution in [1.82, 2.24) is 5.32 Å². The first kappa shape index (κ1) is 19.1. The van der Waals surface area contributed by atoms with Gasteiger partial charge in [-0.3, -0.25) is 4.79 Å². The number of amides is 1. The van der Waals surface area contributed by atoms with Gasteiger partial charge in [0.1, 0.15) is 0 Å². The highest BCUT2D eigenvalue weighted by Gasteiger charge is 2.11. The van der Waals surface area contributed by atoms with Gasteiger partial charge in [-0.1, -0.05) is 23.9 Å². The zero-order valence-corrected chi connectivity index (χ0v) is 12.5. The summed E-state index contributed by atoms with van der Waals surface area (Å²) in [5.41, 5.74) is 0.395. The minimum Gasteiger partial charge on any atom is -0.383 e. The number of methoxy groups -OCH3 is 1. The first-order valence-corrected chi connectivity index (χ1v) is 6.54. The molecule has 114 valence electrons. The van der Waals surface area contributed by atoms with Crippen LogP contribution in [0.2, 0.25) is 0 Å². The van der Waals surface area contributed by atoms with Gasteiger partial charge in [-0.25, -0.2) is 0 Å².